The third-order valence-corrected chi connectivity index (χ3v) is 6.01. The molecular formula is C15H20N2O4S. The Balaban J connectivity index is 1.66. The highest BCUT2D eigenvalue weighted by Gasteiger charge is 2.39. The highest BCUT2D eigenvalue weighted by molar-refractivity contribution is 7.91. The number of carbonyl (C=O) groups is 1. The van der Waals surface area contributed by atoms with Gasteiger partial charge in [0.2, 0.25) is 5.91 Å². The number of hydrogen-bond acceptors (Lipinski definition) is 5. The Morgan fingerprint density at radius 2 is 2.18 bits per heavy atom. The molecule has 2 aliphatic heterocycles. The molecule has 120 valence electrons. The molecule has 2 aliphatic rings. The molecule has 1 aromatic rings. The van der Waals surface area contributed by atoms with Gasteiger partial charge in [-0.15, -0.1) is 0 Å². The van der Waals surface area contributed by atoms with Crippen molar-refractivity contribution in [2.24, 2.45) is 0 Å². The highest BCUT2D eigenvalue weighted by Crippen LogP contribution is 2.30. The Bertz CT molecular complexity index is 689. The number of nitrogens with zero attached hydrogens (tertiary/aromatic N) is 1. The van der Waals surface area contributed by atoms with Crippen molar-refractivity contribution in [1.29, 1.82) is 0 Å². The van der Waals surface area contributed by atoms with Gasteiger partial charge in [0, 0.05) is 0 Å². The summed E-state index contributed by atoms with van der Waals surface area (Å²) >= 11 is 0. The summed E-state index contributed by atoms with van der Waals surface area (Å²) in [4.78, 5) is 14.3. The maximum absolute atomic E-state index is 12.3. The monoisotopic (exact) mass is 324 g/mol. The molecule has 1 N–H and O–H groups in total. The molecule has 1 fully saturated rings. The second kappa shape index (κ2) is 5.46. The molecule has 0 radical (unpaired) electrons. The second-order valence-electron chi connectivity index (χ2n) is 6.19. The summed E-state index contributed by atoms with van der Waals surface area (Å²) in [5, 5.41) is 2.89. The molecule has 2 heterocycles. The first-order chi connectivity index (χ1) is 10.4. The summed E-state index contributed by atoms with van der Waals surface area (Å²) in [5.41, 5.74) is 0.245. The molecule has 0 saturated carbocycles. The molecule has 0 unspecified atom stereocenters. The van der Waals surface area contributed by atoms with E-state index in [2.05, 4.69) is 5.32 Å². The zero-order chi connectivity index (χ0) is 15.8. The standard InChI is InChI=1S/C15H20N2O4S/c1-15(6-9-22(19,20)11-15)16-14(18)10-17-7-8-21-13-5-3-2-4-12(13)17/h2-5H,6-11H2,1H3,(H,16,18)/t15-/m0/s1. The average molecular weight is 324 g/mol. The molecule has 0 aliphatic carbocycles. The molecule has 1 saturated heterocycles. The summed E-state index contributed by atoms with van der Waals surface area (Å²) in [6, 6.07) is 7.60. The number of carbonyl (C=O) groups excluding carboxylic acids is 1. The molecule has 1 amide bonds. The van der Waals surface area contributed by atoms with Crippen molar-refractivity contribution in [3.63, 3.8) is 0 Å². The van der Waals surface area contributed by atoms with Crippen molar-refractivity contribution >= 4 is 21.4 Å². The van der Waals surface area contributed by atoms with E-state index in [0.29, 0.717) is 19.6 Å². The first-order valence-corrected chi connectivity index (χ1v) is 9.17. The number of para-hydroxylation sites is 2. The van der Waals surface area contributed by atoms with Crippen LogP contribution in [0.15, 0.2) is 24.3 Å². The lowest BCUT2D eigenvalue weighted by atomic mass is 10.0. The van der Waals surface area contributed by atoms with Gasteiger partial charge in [0.1, 0.15) is 12.4 Å². The Morgan fingerprint density at radius 1 is 1.41 bits per heavy atom. The maximum atomic E-state index is 12.3. The van der Waals surface area contributed by atoms with E-state index in [-0.39, 0.29) is 24.0 Å². The summed E-state index contributed by atoms with van der Waals surface area (Å²) in [6.45, 7) is 3.17. The van der Waals surface area contributed by atoms with Gasteiger partial charge in [0.25, 0.3) is 0 Å². The number of amides is 1. The zero-order valence-electron chi connectivity index (χ0n) is 12.5. The highest BCUT2D eigenvalue weighted by atomic mass is 32.2. The molecule has 1 aromatic carbocycles. The summed E-state index contributed by atoms with van der Waals surface area (Å²) in [7, 11) is -3.03. The van der Waals surface area contributed by atoms with Crippen LogP contribution in [0.4, 0.5) is 5.69 Å². The van der Waals surface area contributed by atoms with Crippen molar-refractivity contribution in [3.8, 4) is 5.75 Å². The van der Waals surface area contributed by atoms with Gasteiger partial charge in [0.05, 0.1) is 35.8 Å². The third-order valence-electron chi connectivity index (χ3n) is 4.10. The third kappa shape index (κ3) is 3.19. The van der Waals surface area contributed by atoms with Crippen LogP contribution in [0.25, 0.3) is 0 Å². The number of fused-ring (bicyclic) bond motifs is 1. The fourth-order valence-corrected chi connectivity index (χ4v) is 5.14. The molecule has 3 rings (SSSR count). The van der Waals surface area contributed by atoms with E-state index in [4.69, 9.17) is 4.74 Å². The molecule has 1 atom stereocenters. The van der Waals surface area contributed by atoms with Crippen LogP contribution in [0.5, 0.6) is 5.75 Å². The van der Waals surface area contributed by atoms with Gasteiger partial charge in [0.15, 0.2) is 9.84 Å². The Hall–Kier alpha value is -1.76. The van der Waals surface area contributed by atoms with Crippen molar-refractivity contribution in [2.45, 2.75) is 18.9 Å². The van der Waals surface area contributed by atoms with Crippen molar-refractivity contribution in [1.82, 2.24) is 5.32 Å². The quantitative estimate of drug-likeness (QED) is 0.880. The Morgan fingerprint density at radius 3 is 2.91 bits per heavy atom. The number of nitrogens with one attached hydrogen (secondary N) is 1. The summed E-state index contributed by atoms with van der Waals surface area (Å²) in [6.07, 6.45) is 0.473. The smallest absolute Gasteiger partial charge is 0.239 e. The van der Waals surface area contributed by atoms with Gasteiger partial charge in [-0.1, -0.05) is 12.1 Å². The number of ether oxygens (including phenoxy) is 1. The molecule has 0 spiro atoms. The number of hydrogen-bond donors (Lipinski definition) is 1. The molecular weight excluding hydrogens is 304 g/mol. The van der Waals surface area contributed by atoms with Gasteiger partial charge in [-0.2, -0.15) is 0 Å². The minimum Gasteiger partial charge on any atom is -0.490 e. The molecule has 0 aromatic heterocycles. The normalized spacial score (nSPS) is 26.1. The van der Waals surface area contributed by atoms with Gasteiger partial charge in [-0.05, 0) is 25.5 Å². The first-order valence-electron chi connectivity index (χ1n) is 7.35. The van der Waals surface area contributed by atoms with E-state index in [9.17, 15) is 13.2 Å². The SMILES string of the molecule is C[C@]1(NC(=O)CN2CCOc3ccccc32)CCS(=O)(=O)C1. The van der Waals surface area contributed by atoms with E-state index >= 15 is 0 Å². The molecule has 22 heavy (non-hydrogen) atoms. The van der Waals surface area contributed by atoms with Crippen LogP contribution in [-0.4, -0.2) is 51.1 Å². The van der Waals surface area contributed by atoms with Crippen molar-refractivity contribution < 1.29 is 17.9 Å². The van der Waals surface area contributed by atoms with Crippen LogP contribution in [-0.2, 0) is 14.6 Å². The van der Waals surface area contributed by atoms with Crippen molar-refractivity contribution in [3.05, 3.63) is 24.3 Å². The number of anilines is 1. The topological polar surface area (TPSA) is 75.7 Å². The van der Waals surface area contributed by atoms with Crippen LogP contribution >= 0.6 is 0 Å². The number of benzene rings is 1. The van der Waals surface area contributed by atoms with Gasteiger partial charge in [-0.3, -0.25) is 4.79 Å². The number of rotatable bonds is 3. The van der Waals surface area contributed by atoms with Gasteiger partial charge < -0.3 is 15.0 Å². The van der Waals surface area contributed by atoms with Crippen LogP contribution in [0.2, 0.25) is 0 Å². The second-order valence-corrected chi connectivity index (χ2v) is 8.37. The lowest BCUT2D eigenvalue weighted by Gasteiger charge is -2.32. The fourth-order valence-electron chi connectivity index (χ4n) is 3.05. The lowest BCUT2D eigenvalue weighted by Crippen LogP contribution is -2.51. The van der Waals surface area contributed by atoms with Crippen LogP contribution in [0.3, 0.4) is 0 Å². The van der Waals surface area contributed by atoms with Gasteiger partial charge in [-0.25, -0.2) is 8.42 Å². The van der Waals surface area contributed by atoms with Gasteiger partial charge >= 0.3 is 0 Å². The minimum atomic E-state index is -3.03. The van der Waals surface area contributed by atoms with E-state index in [1.54, 1.807) is 6.92 Å². The predicted octanol–water partition coefficient (Wildman–Crippen LogP) is 0.579. The summed E-state index contributed by atoms with van der Waals surface area (Å²) < 4.78 is 28.8. The van der Waals surface area contributed by atoms with Crippen molar-refractivity contribution in [2.75, 3.05) is 36.1 Å². The van der Waals surface area contributed by atoms with Crippen LogP contribution < -0.4 is 15.0 Å². The van der Waals surface area contributed by atoms with Crippen LogP contribution in [0.1, 0.15) is 13.3 Å². The molecule has 0 bridgehead atoms. The average Bonchev–Trinajstić information content (AvgIpc) is 2.72. The largest absolute Gasteiger partial charge is 0.490 e. The van der Waals surface area contributed by atoms with E-state index in [1.165, 1.54) is 0 Å². The van der Waals surface area contributed by atoms with Crippen LogP contribution in [0, 0.1) is 0 Å². The lowest BCUT2D eigenvalue weighted by molar-refractivity contribution is -0.121. The number of sulfone groups is 1. The predicted molar refractivity (Wildman–Crippen MR) is 84.0 cm³/mol. The minimum absolute atomic E-state index is 0.0193. The van der Waals surface area contributed by atoms with E-state index in [1.807, 2.05) is 29.2 Å². The Kier molecular flexibility index (Phi) is 3.76. The zero-order valence-corrected chi connectivity index (χ0v) is 13.4. The van der Waals surface area contributed by atoms with E-state index < -0.39 is 15.4 Å². The Labute approximate surface area is 130 Å². The maximum Gasteiger partial charge on any atom is 0.239 e. The fraction of sp³-hybridized carbons (Fsp3) is 0.533. The molecule has 7 heteroatoms. The summed E-state index contributed by atoms with van der Waals surface area (Å²) in [5.74, 6) is 0.780. The molecule has 6 nitrogen and oxygen atoms in total. The van der Waals surface area contributed by atoms with E-state index in [0.717, 1.165) is 11.4 Å². The first kappa shape index (κ1) is 15.1.